The van der Waals surface area contributed by atoms with Crippen LogP contribution in [0, 0.1) is 0 Å². The zero-order valence-electron chi connectivity index (χ0n) is 6.32. The van der Waals surface area contributed by atoms with Gasteiger partial charge in [-0.1, -0.05) is 0 Å². The van der Waals surface area contributed by atoms with Crippen molar-refractivity contribution in [2.75, 3.05) is 0 Å². The number of nitrogens with one attached hydrogen (secondary N) is 1. The fourth-order valence-electron chi connectivity index (χ4n) is 1.00. The Balaban J connectivity index is 0.000000720. The number of H-pyrrole nitrogens is 1. The summed E-state index contributed by atoms with van der Waals surface area (Å²) >= 11 is 0. The van der Waals surface area contributed by atoms with Crippen LogP contribution in [0.3, 0.4) is 0 Å². The largest absolute Gasteiger partial charge is 0.360 e. The standard InChI is InChI=1S/C8H6N2O.Al/c11-7-3-5-9-6-2-1-4-10-8(6)7;/h1-5H,(H,9,11);. The summed E-state index contributed by atoms with van der Waals surface area (Å²) in [7, 11) is 0. The molecular formula is C8H6AlN2O. The average molecular weight is 173 g/mol. The van der Waals surface area contributed by atoms with E-state index < -0.39 is 0 Å². The lowest BCUT2D eigenvalue weighted by Crippen LogP contribution is -2.01. The highest BCUT2D eigenvalue weighted by Gasteiger charge is 1.94. The van der Waals surface area contributed by atoms with Gasteiger partial charge in [-0.2, -0.15) is 0 Å². The molecule has 3 radical (unpaired) electrons. The van der Waals surface area contributed by atoms with Gasteiger partial charge in [0.2, 0.25) is 5.43 Å². The van der Waals surface area contributed by atoms with Crippen LogP contribution in [0.15, 0.2) is 35.4 Å². The van der Waals surface area contributed by atoms with Crippen LogP contribution >= 0.6 is 0 Å². The Labute approximate surface area is 79.6 Å². The van der Waals surface area contributed by atoms with E-state index in [0.717, 1.165) is 5.52 Å². The van der Waals surface area contributed by atoms with Gasteiger partial charge in [0.25, 0.3) is 0 Å². The molecule has 0 saturated carbocycles. The highest BCUT2D eigenvalue weighted by molar-refractivity contribution is 5.75. The molecule has 0 unspecified atom stereocenters. The molecule has 2 aromatic heterocycles. The second-order valence-electron chi connectivity index (χ2n) is 2.24. The van der Waals surface area contributed by atoms with Gasteiger partial charge in [0, 0.05) is 35.8 Å². The van der Waals surface area contributed by atoms with Crippen LogP contribution < -0.4 is 5.43 Å². The second-order valence-corrected chi connectivity index (χ2v) is 2.24. The van der Waals surface area contributed by atoms with Crippen molar-refractivity contribution in [3.63, 3.8) is 0 Å². The molecule has 57 valence electrons. The minimum atomic E-state index is -0.0423. The molecule has 0 aliphatic carbocycles. The van der Waals surface area contributed by atoms with Gasteiger partial charge in [0.15, 0.2) is 0 Å². The summed E-state index contributed by atoms with van der Waals surface area (Å²) in [6, 6.07) is 5.08. The van der Waals surface area contributed by atoms with Crippen molar-refractivity contribution >= 4 is 28.4 Å². The number of hydrogen-bond acceptors (Lipinski definition) is 2. The van der Waals surface area contributed by atoms with Crippen molar-refractivity contribution in [3.05, 3.63) is 40.8 Å². The maximum absolute atomic E-state index is 11.1. The fraction of sp³-hybridized carbons (Fsp3) is 0. The molecule has 2 aromatic rings. The van der Waals surface area contributed by atoms with Crippen molar-refractivity contribution in [3.8, 4) is 0 Å². The molecule has 4 heteroatoms. The molecule has 12 heavy (non-hydrogen) atoms. The summed E-state index contributed by atoms with van der Waals surface area (Å²) in [5, 5.41) is 0. The normalized spacial score (nSPS) is 9.33. The van der Waals surface area contributed by atoms with Gasteiger partial charge in [-0.3, -0.25) is 9.78 Å². The minimum Gasteiger partial charge on any atom is -0.360 e. The van der Waals surface area contributed by atoms with Crippen LogP contribution in [0.1, 0.15) is 0 Å². The average Bonchev–Trinajstić information content (AvgIpc) is 2.06. The molecule has 0 amide bonds. The first-order valence-electron chi connectivity index (χ1n) is 3.30. The van der Waals surface area contributed by atoms with Crippen molar-refractivity contribution in [2.24, 2.45) is 0 Å². The molecule has 0 saturated heterocycles. The van der Waals surface area contributed by atoms with E-state index in [0.29, 0.717) is 5.52 Å². The van der Waals surface area contributed by atoms with E-state index in [9.17, 15) is 4.79 Å². The Hall–Kier alpha value is -1.11. The fourth-order valence-corrected chi connectivity index (χ4v) is 1.00. The van der Waals surface area contributed by atoms with E-state index in [-0.39, 0.29) is 22.8 Å². The van der Waals surface area contributed by atoms with E-state index in [1.807, 2.05) is 6.07 Å². The Bertz CT molecular complexity index is 433. The molecule has 3 nitrogen and oxygen atoms in total. The van der Waals surface area contributed by atoms with E-state index >= 15 is 0 Å². The third-order valence-corrected chi connectivity index (χ3v) is 1.51. The smallest absolute Gasteiger partial charge is 0.207 e. The molecule has 0 bridgehead atoms. The third-order valence-electron chi connectivity index (χ3n) is 1.51. The topological polar surface area (TPSA) is 45.8 Å². The number of nitrogens with zero attached hydrogens (tertiary/aromatic N) is 1. The molecule has 0 atom stereocenters. The predicted molar refractivity (Wildman–Crippen MR) is 48.1 cm³/mol. The third kappa shape index (κ3) is 1.40. The lowest BCUT2D eigenvalue weighted by molar-refractivity contribution is 1.31. The van der Waals surface area contributed by atoms with E-state index in [1.165, 1.54) is 6.07 Å². The second kappa shape index (κ2) is 3.53. The number of aromatic amines is 1. The van der Waals surface area contributed by atoms with E-state index in [2.05, 4.69) is 9.97 Å². The monoisotopic (exact) mass is 173 g/mol. The molecule has 1 N–H and O–H groups in total. The van der Waals surface area contributed by atoms with Crippen molar-refractivity contribution in [1.29, 1.82) is 0 Å². The number of fused-ring (bicyclic) bond motifs is 1. The first-order valence-corrected chi connectivity index (χ1v) is 3.30. The molecule has 0 fully saturated rings. The van der Waals surface area contributed by atoms with Crippen molar-refractivity contribution in [1.82, 2.24) is 9.97 Å². The van der Waals surface area contributed by atoms with Crippen LogP contribution in [-0.2, 0) is 0 Å². The maximum atomic E-state index is 11.1. The van der Waals surface area contributed by atoms with Gasteiger partial charge in [0.05, 0.1) is 5.52 Å². The number of aromatic nitrogens is 2. The highest BCUT2D eigenvalue weighted by Crippen LogP contribution is 1.99. The van der Waals surface area contributed by atoms with E-state index in [4.69, 9.17) is 0 Å². The van der Waals surface area contributed by atoms with Crippen LogP contribution in [-0.4, -0.2) is 27.3 Å². The van der Waals surface area contributed by atoms with Gasteiger partial charge in [-0.25, -0.2) is 0 Å². The van der Waals surface area contributed by atoms with Crippen LogP contribution in [0.4, 0.5) is 0 Å². The first kappa shape index (κ1) is 8.98. The Kier molecular flexibility index (Phi) is 2.64. The van der Waals surface area contributed by atoms with E-state index in [1.54, 1.807) is 18.5 Å². The Morgan fingerprint density at radius 1 is 1.33 bits per heavy atom. The van der Waals surface area contributed by atoms with Gasteiger partial charge < -0.3 is 4.98 Å². The lowest BCUT2D eigenvalue weighted by Gasteiger charge is -1.91. The summed E-state index contributed by atoms with van der Waals surface area (Å²) in [6.45, 7) is 0. The Morgan fingerprint density at radius 2 is 2.17 bits per heavy atom. The van der Waals surface area contributed by atoms with Crippen LogP contribution in [0.25, 0.3) is 11.0 Å². The SMILES string of the molecule is O=c1cc[nH]c2cccnc12.[Al]. The molecule has 0 aliphatic heterocycles. The number of hydrogen-bond donors (Lipinski definition) is 1. The zero-order valence-corrected chi connectivity index (χ0v) is 7.47. The summed E-state index contributed by atoms with van der Waals surface area (Å²) in [6.07, 6.45) is 3.23. The summed E-state index contributed by atoms with van der Waals surface area (Å²) in [5.41, 5.74) is 1.23. The maximum Gasteiger partial charge on any atom is 0.207 e. The van der Waals surface area contributed by atoms with Gasteiger partial charge in [-0.05, 0) is 12.1 Å². The van der Waals surface area contributed by atoms with Gasteiger partial charge in [-0.15, -0.1) is 0 Å². The molecule has 0 aromatic carbocycles. The first-order chi connectivity index (χ1) is 5.38. The summed E-state index contributed by atoms with van der Waals surface area (Å²) < 4.78 is 0. The van der Waals surface area contributed by atoms with Crippen molar-refractivity contribution < 1.29 is 0 Å². The van der Waals surface area contributed by atoms with Gasteiger partial charge in [0.1, 0.15) is 5.52 Å². The molecule has 0 aliphatic rings. The molecule has 2 heterocycles. The van der Waals surface area contributed by atoms with Crippen LogP contribution in [0.2, 0.25) is 0 Å². The summed E-state index contributed by atoms with van der Waals surface area (Å²) in [5.74, 6) is 0. The molecule has 2 rings (SSSR count). The zero-order chi connectivity index (χ0) is 7.68. The minimum absolute atomic E-state index is 0. The number of rotatable bonds is 0. The van der Waals surface area contributed by atoms with Crippen LogP contribution in [0.5, 0.6) is 0 Å². The highest BCUT2D eigenvalue weighted by atomic mass is 27.0. The van der Waals surface area contributed by atoms with Gasteiger partial charge >= 0.3 is 0 Å². The lowest BCUT2D eigenvalue weighted by atomic mass is 10.3. The quantitative estimate of drug-likeness (QED) is 0.591. The van der Waals surface area contributed by atoms with Crippen molar-refractivity contribution in [2.45, 2.75) is 0 Å². The molecule has 0 spiro atoms. The number of pyridine rings is 2. The Morgan fingerprint density at radius 3 is 2.92 bits per heavy atom. The summed E-state index contributed by atoms with van der Waals surface area (Å²) in [4.78, 5) is 18.0. The molecular weight excluding hydrogens is 167 g/mol. The predicted octanol–water partition coefficient (Wildman–Crippen LogP) is 0.542.